The number of carbonyl (C=O) groups is 2. The summed E-state index contributed by atoms with van der Waals surface area (Å²) in [5, 5.41) is 3.40. The lowest BCUT2D eigenvalue weighted by atomic mass is 9.95. The van der Waals surface area contributed by atoms with Crippen LogP contribution in [-0.2, 0) is 9.53 Å². The zero-order chi connectivity index (χ0) is 15.6. The Kier molecular flexibility index (Phi) is 4.53. The molecule has 112 valence electrons. The average Bonchev–Trinajstić information content (AvgIpc) is 2.45. The van der Waals surface area contributed by atoms with Crippen LogP contribution in [-0.4, -0.2) is 30.6 Å². The van der Waals surface area contributed by atoms with Crippen LogP contribution >= 0.6 is 11.6 Å². The Labute approximate surface area is 128 Å². The fourth-order valence-corrected chi connectivity index (χ4v) is 2.34. The van der Waals surface area contributed by atoms with Crippen LogP contribution in [0.5, 0.6) is 0 Å². The van der Waals surface area contributed by atoms with Gasteiger partial charge < -0.3 is 15.0 Å². The number of urea groups is 1. The van der Waals surface area contributed by atoms with E-state index in [4.69, 9.17) is 16.3 Å². The van der Waals surface area contributed by atoms with Crippen molar-refractivity contribution >= 4 is 23.6 Å². The fraction of sp³-hybridized carbons (Fsp3) is 0.333. The molecule has 0 unspecified atom stereocenters. The van der Waals surface area contributed by atoms with Gasteiger partial charge in [-0.25, -0.2) is 9.59 Å². The highest BCUT2D eigenvalue weighted by Gasteiger charge is 2.34. The molecule has 0 aromatic heterocycles. The topological polar surface area (TPSA) is 58.6 Å². The van der Waals surface area contributed by atoms with Crippen LogP contribution in [0.15, 0.2) is 35.5 Å². The summed E-state index contributed by atoms with van der Waals surface area (Å²) in [7, 11) is 1.61. The standard InChI is InChI=1S/C15H17ClN2O3/c1-4-21-14(19)12-9(2)18(3)15(20)17-13(12)10-5-7-11(16)8-6-10/h5-8,13H,4H2,1-3H3,(H,17,20)/t13-/m1/s1. The minimum atomic E-state index is -0.537. The van der Waals surface area contributed by atoms with Crippen LogP contribution in [0.3, 0.4) is 0 Å². The first-order valence-corrected chi connectivity index (χ1v) is 7.01. The number of hydrogen-bond donors (Lipinski definition) is 1. The van der Waals surface area contributed by atoms with Crippen LogP contribution in [0.4, 0.5) is 4.79 Å². The molecule has 0 spiro atoms. The Morgan fingerprint density at radius 1 is 1.38 bits per heavy atom. The number of benzene rings is 1. The maximum atomic E-state index is 12.2. The summed E-state index contributed by atoms with van der Waals surface area (Å²) in [5.41, 5.74) is 1.79. The van der Waals surface area contributed by atoms with Crippen molar-refractivity contribution in [3.8, 4) is 0 Å². The Morgan fingerprint density at radius 3 is 2.57 bits per heavy atom. The highest BCUT2D eigenvalue weighted by molar-refractivity contribution is 6.30. The van der Waals surface area contributed by atoms with Gasteiger partial charge in [0.2, 0.25) is 0 Å². The summed E-state index contributed by atoms with van der Waals surface area (Å²) in [6.45, 7) is 3.75. The largest absolute Gasteiger partial charge is 0.463 e. The molecule has 1 aromatic rings. The molecule has 6 heteroatoms. The number of carbonyl (C=O) groups excluding carboxylic acids is 2. The van der Waals surface area contributed by atoms with Crippen molar-refractivity contribution in [2.75, 3.05) is 13.7 Å². The summed E-state index contributed by atoms with van der Waals surface area (Å²) >= 11 is 5.88. The Balaban J connectivity index is 2.48. The second-order valence-electron chi connectivity index (χ2n) is 4.71. The maximum Gasteiger partial charge on any atom is 0.338 e. The van der Waals surface area contributed by atoms with Gasteiger partial charge in [-0.15, -0.1) is 0 Å². The van der Waals surface area contributed by atoms with Gasteiger partial charge in [0.05, 0.1) is 18.2 Å². The summed E-state index contributed by atoms with van der Waals surface area (Å²) in [6, 6.07) is 6.21. The lowest BCUT2D eigenvalue weighted by Crippen LogP contribution is -2.46. The molecule has 1 atom stereocenters. The molecule has 1 aliphatic heterocycles. The van der Waals surface area contributed by atoms with Gasteiger partial charge in [0.25, 0.3) is 0 Å². The molecule has 0 fully saturated rings. The molecule has 1 N–H and O–H groups in total. The van der Waals surface area contributed by atoms with E-state index in [2.05, 4.69) is 5.32 Å². The predicted octanol–water partition coefficient (Wildman–Crippen LogP) is 2.87. The van der Waals surface area contributed by atoms with Gasteiger partial charge >= 0.3 is 12.0 Å². The van der Waals surface area contributed by atoms with Crippen LogP contribution in [0.1, 0.15) is 25.5 Å². The van der Waals surface area contributed by atoms with E-state index in [1.165, 1.54) is 4.90 Å². The maximum absolute atomic E-state index is 12.2. The van der Waals surface area contributed by atoms with E-state index in [1.807, 2.05) is 0 Å². The molecule has 1 heterocycles. The number of nitrogens with zero attached hydrogens (tertiary/aromatic N) is 1. The number of rotatable bonds is 3. The third kappa shape index (κ3) is 3.03. The smallest absolute Gasteiger partial charge is 0.338 e. The molecule has 0 radical (unpaired) electrons. The minimum Gasteiger partial charge on any atom is -0.463 e. The van der Waals surface area contributed by atoms with Crippen molar-refractivity contribution in [1.82, 2.24) is 10.2 Å². The van der Waals surface area contributed by atoms with E-state index >= 15 is 0 Å². The molecule has 2 rings (SSSR count). The first-order valence-electron chi connectivity index (χ1n) is 6.63. The van der Waals surface area contributed by atoms with E-state index in [0.717, 1.165) is 5.56 Å². The van der Waals surface area contributed by atoms with Crippen molar-refractivity contribution in [2.24, 2.45) is 0 Å². The van der Waals surface area contributed by atoms with Gasteiger partial charge in [-0.05, 0) is 31.5 Å². The predicted molar refractivity (Wildman–Crippen MR) is 79.8 cm³/mol. The van der Waals surface area contributed by atoms with E-state index in [9.17, 15) is 9.59 Å². The van der Waals surface area contributed by atoms with Crippen LogP contribution in [0.25, 0.3) is 0 Å². The van der Waals surface area contributed by atoms with E-state index < -0.39 is 12.0 Å². The zero-order valence-electron chi connectivity index (χ0n) is 12.1. The molecule has 5 nitrogen and oxygen atoms in total. The van der Waals surface area contributed by atoms with Crippen molar-refractivity contribution < 1.29 is 14.3 Å². The van der Waals surface area contributed by atoms with Crippen molar-refractivity contribution in [1.29, 1.82) is 0 Å². The molecule has 1 aliphatic rings. The first kappa shape index (κ1) is 15.4. The number of amides is 2. The number of ether oxygens (including phenoxy) is 1. The lowest BCUT2D eigenvalue weighted by Gasteiger charge is -2.33. The molecule has 1 aromatic carbocycles. The number of halogens is 1. The molecule has 0 saturated carbocycles. The molecule has 0 saturated heterocycles. The van der Waals surface area contributed by atoms with Gasteiger partial charge in [0, 0.05) is 17.8 Å². The Morgan fingerprint density at radius 2 is 2.00 bits per heavy atom. The molecular formula is C15H17ClN2O3. The number of nitrogens with one attached hydrogen (secondary N) is 1. The fourth-order valence-electron chi connectivity index (χ4n) is 2.21. The number of allylic oxidation sites excluding steroid dienone is 1. The van der Waals surface area contributed by atoms with E-state index in [1.54, 1.807) is 45.2 Å². The molecule has 0 bridgehead atoms. The normalized spacial score (nSPS) is 18.6. The molecular weight excluding hydrogens is 292 g/mol. The summed E-state index contributed by atoms with van der Waals surface area (Å²) in [6.07, 6.45) is 0. The summed E-state index contributed by atoms with van der Waals surface area (Å²) in [5.74, 6) is -0.429. The van der Waals surface area contributed by atoms with E-state index in [-0.39, 0.29) is 12.6 Å². The van der Waals surface area contributed by atoms with E-state index in [0.29, 0.717) is 16.3 Å². The van der Waals surface area contributed by atoms with Gasteiger partial charge in [0.1, 0.15) is 0 Å². The SMILES string of the molecule is CCOC(=O)C1=C(C)N(C)C(=O)N[C@@H]1c1ccc(Cl)cc1. The Bertz CT molecular complexity index is 595. The number of hydrogen-bond acceptors (Lipinski definition) is 3. The van der Waals surface area contributed by atoms with Gasteiger partial charge in [-0.2, -0.15) is 0 Å². The first-order chi connectivity index (χ1) is 9.95. The third-order valence-corrected chi connectivity index (χ3v) is 3.70. The average molecular weight is 309 g/mol. The van der Waals surface area contributed by atoms with Gasteiger partial charge in [-0.1, -0.05) is 23.7 Å². The Hall–Kier alpha value is -2.01. The van der Waals surface area contributed by atoms with Crippen molar-refractivity contribution in [3.05, 3.63) is 46.1 Å². The van der Waals surface area contributed by atoms with Crippen LogP contribution < -0.4 is 5.32 Å². The molecule has 21 heavy (non-hydrogen) atoms. The highest BCUT2D eigenvalue weighted by Crippen LogP contribution is 2.31. The zero-order valence-corrected chi connectivity index (χ0v) is 12.9. The monoisotopic (exact) mass is 308 g/mol. The van der Waals surface area contributed by atoms with Crippen molar-refractivity contribution in [3.63, 3.8) is 0 Å². The second kappa shape index (κ2) is 6.18. The summed E-state index contributed by atoms with van der Waals surface area (Å²) < 4.78 is 5.11. The van der Waals surface area contributed by atoms with Crippen LogP contribution in [0, 0.1) is 0 Å². The highest BCUT2D eigenvalue weighted by atomic mass is 35.5. The van der Waals surface area contributed by atoms with Gasteiger partial charge in [0.15, 0.2) is 0 Å². The molecule has 2 amide bonds. The molecule has 0 aliphatic carbocycles. The second-order valence-corrected chi connectivity index (χ2v) is 5.15. The van der Waals surface area contributed by atoms with Crippen molar-refractivity contribution in [2.45, 2.75) is 19.9 Å². The number of esters is 1. The lowest BCUT2D eigenvalue weighted by molar-refractivity contribution is -0.139. The minimum absolute atomic E-state index is 0.263. The van der Waals surface area contributed by atoms with Crippen LogP contribution in [0.2, 0.25) is 5.02 Å². The quantitative estimate of drug-likeness (QED) is 0.874. The summed E-state index contributed by atoms with van der Waals surface area (Å²) in [4.78, 5) is 25.6. The van der Waals surface area contributed by atoms with Gasteiger partial charge in [-0.3, -0.25) is 0 Å². The third-order valence-electron chi connectivity index (χ3n) is 3.45.